The van der Waals surface area contributed by atoms with Gasteiger partial charge in [0.15, 0.2) is 0 Å². The summed E-state index contributed by atoms with van der Waals surface area (Å²) in [7, 11) is 0. The van der Waals surface area contributed by atoms with E-state index in [1.165, 1.54) is 0 Å². The predicted octanol–water partition coefficient (Wildman–Crippen LogP) is 1.91. The largest absolute Gasteiger partial charge is 0.411 e. The lowest BCUT2D eigenvalue weighted by Gasteiger charge is -2.09. The van der Waals surface area contributed by atoms with Crippen LogP contribution in [0.3, 0.4) is 0 Å². The van der Waals surface area contributed by atoms with Gasteiger partial charge in [0.05, 0.1) is 13.2 Å². The zero-order chi connectivity index (χ0) is 17.6. The molecule has 5 nitrogen and oxygen atoms in total. The van der Waals surface area contributed by atoms with Gasteiger partial charge in [0.25, 0.3) is 0 Å². The van der Waals surface area contributed by atoms with E-state index in [2.05, 4.69) is 15.4 Å². The fourth-order valence-electron chi connectivity index (χ4n) is 1.96. The normalized spacial score (nSPS) is 14.3. The van der Waals surface area contributed by atoms with Crippen molar-refractivity contribution in [2.45, 2.75) is 32.2 Å². The molecule has 8 heteroatoms. The van der Waals surface area contributed by atoms with Crippen LogP contribution < -0.4 is 10.6 Å². The van der Waals surface area contributed by atoms with Gasteiger partial charge in [-0.2, -0.15) is 13.2 Å². The van der Waals surface area contributed by atoms with Crippen LogP contribution in [0.4, 0.5) is 13.2 Å². The van der Waals surface area contributed by atoms with E-state index in [0.717, 1.165) is 18.4 Å². The first kappa shape index (κ1) is 18.3. The van der Waals surface area contributed by atoms with Gasteiger partial charge >= 0.3 is 6.18 Å². The van der Waals surface area contributed by atoms with Crippen LogP contribution >= 0.6 is 0 Å². The first-order valence-electron chi connectivity index (χ1n) is 7.60. The summed E-state index contributed by atoms with van der Waals surface area (Å²) in [5, 5.41) is 5.23. The SMILES string of the molecule is O=C(CNC(=O)C1CC1)NCc1ccc(COCC(F)(F)F)cc1. The highest BCUT2D eigenvalue weighted by Gasteiger charge is 2.29. The third kappa shape index (κ3) is 6.99. The van der Waals surface area contributed by atoms with Crippen LogP contribution in [0.15, 0.2) is 24.3 Å². The molecule has 2 N–H and O–H groups in total. The van der Waals surface area contributed by atoms with Crippen LogP contribution in [0.2, 0.25) is 0 Å². The van der Waals surface area contributed by atoms with Gasteiger partial charge in [0.2, 0.25) is 11.8 Å². The minimum Gasteiger partial charge on any atom is -0.367 e. The number of rotatable bonds is 8. The molecule has 2 rings (SSSR count). The molecule has 2 amide bonds. The summed E-state index contributed by atoms with van der Waals surface area (Å²) in [6.45, 7) is -1.18. The monoisotopic (exact) mass is 344 g/mol. The summed E-state index contributed by atoms with van der Waals surface area (Å²) < 4.78 is 40.5. The molecule has 1 fully saturated rings. The zero-order valence-corrected chi connectivity index (χ0v) is 13.0. The number of halogens is 3. The molecule has 1 aliphatic carbocycles. The van der Waals surface area contributed by atoms with Crippen molar-refractivity contribution >= 4 is 11.8 Å². The third-order valence-corrected chi connectivity index (χ3v) is 3.42. The molecule has 0 aliphatic heterocycles. The standard InChI is InChI=1S/C16H19F3N2O3/c17-16(18,19)10-24-9-12-3-1-11(2-4-12)7-20-14(22)8-21-15(23)13-5-6-13/h1-4,13H,5-10H2,(H,20,22)(H,21,23). The molecule has 24 heavy (non-hydrogen) atoms. The van der Waals surface area contributed by atoms with Gasteiger partial charge in [-0.15, -0.1) is 0 Å². The van der Waals surface area contributed by atoms with Crippen LogP contribution in [0.25, 0.3) is 0 Å². The number of alkyl halides is 3. The number of amides is 2. The average molecular weight is 344 g/mol. The number of hydrogen-bond acceptors (Lipinski definition) is 3. The Morgan fingerprint density at radius 2 is 1.71 bits per heavy atom. The van der Waals surface area contributed by atoms with Crippen molar-refractivity contribution in [3.8, 4) is 0 Å². The van der Waals surface area contributed by atoms with E-state index in [1.54, 1.807) is 24.3 Å². The van der Waals surface area contributed by atoms with Crippen molar-refractivity contribution in [3.63, 3.8) is 0 Å². The second-order valence-corrected chi connectivity index (χ2v) is 5.69. The zero-order valence-electron chi connectivity index (χ0n) is 13.0. The van der Waals surface area contributed by atoms with Gasteiger partial charge < -0.3 is 15.4 Å². The molecule has 0 unspecified atom stereocenters. The minimum absolute atomic E-state index is 0.0568. The van der Waals surface area contributed by atoms with Crippen LogP contribution in [0.1, 0.15) is 24.0 Å². The lowest BCUT2D eigenvalue weighted by Crippen LogP contribution is -2.37. The van der Waals surface area contributed by atoms with Crippen molar-refractivity contribution in [1.29, 1.82) is 0 Å². The maximum atomic E-state index is 12.0. The first-order chi connectivity index (χ1) is 11.3. The van der Waals surface area contributed by atoms with Crippen LogP contribution in [-0.4, -0.2) is 31.1 Å². The van der Waals surface area contributed by atoms with E-state index in [-0.39, 0.29) is 37.4 Å². The Morgan fingerprint density at radius 3 is 2.29 bits per heavy atom. The van der Waals surface area contributed by atoms with Crippen LogP contribution in [-0.2, 0) is 27.5 Å². The Morgan fingerprint density at radius 1 is 1.08 bits per heavy atom. The highest BCUT2D eigenvalue weighted by molar-refractivity contribution is 5.86. The molecule has 0 bridgehead atoms. The molecule has 0 atom stereocenters. The number of nitrogens with one attached hydrogen (secondary N) is 2. The number of ether oxygens (including phenoxy) is 1. The van der Waals surface area contributed by atoms with Gasteiger partial charge in [-0.3, -0.25) is 9.59 Å². The Kier molecular flexibility index (Phi) is 6.19. The molecular weight excluding hydrogens is 325 g/mol. The summed E-state index contributed by atoms with van der Waals surface area (Å²) in [5.74, 6) is -0.320. The quantitative estimate of drug-likeness (QED) is 0.757. The van der Waals surface area contributed by atoms with Crippen molar-refractivity contribution in [2.24, 2.45) is 5.92 Å². The Balaban J connectivity index is 1.65. The Labute approximate surface area is 137 Å². The molecule has 1 aromatic rings. The minimum atomic E-state index is -4.33. The van der Waals surface area contributed by atoms with Crippen molar-refractivity contribution in [3.05, 3.63) is 35.4 Å². The van der Waals surface area contributed by atoms with Crippen LogP contribution in [0.5, 0.6) is 0 Å². The summed E-state index contributed by atoms with van der Waals surface area (Å²) >= 11 is 0. The molecule has 0 aromatic heterocycles. The van der Waals surface area contributed by atoms with Gasteiger partial charge in [-0.1, -0.05) is 24.3 Å². The van der Waals surface area contributed by atoms with E-state index in [0.29, 0.717) is 5.56 Å². The molecular formula is C16H19F3N2O3. The second kappa shape index (κ2) is 8.14. The maximum absolute atomic E-state index is 12.0. The summed E-state index contributed by atoms with van der Waals surface area (Å²) in [6.07, 6.45) is -2.57. The van der Waals surface area contributed by atoms with Crippen LogP contribution in [0, 0.1) is 5.92 Å². The first-order valence-corrected chi connectivity index (χ1v) is 7.60. The van der Waals surface area contributed by atoms with E-state index >= 15 is 0 Å². The van der Waals surface area contributed by atoms with Crippen molar-refractivity contribution in [1.82, 2.24) is 10.6 Å². The van der Waals surface area contributed by atoms with Gasteiger partial charge in [0.1, 0.15) is 6.61 Å². The molecule has 0 radical (unpaired) electrons. The van der Waals surface area contributed by atoms with E-state index < -0.39 is 12.8 Å². The highest BCUT2D eigenvalue weighted by Crippen LogP contribution is 2.28. The smallest absolute Gasteiger partial charge is 0.367 e. The Bertz CT molecular complexity index is 569. The second-order valence-electron chi connectivity index (χ2n) is 5.69. The molecule has 0 spiro atoms. The predicted molar refractivity (Wildman–Crippen MR) is 79.7 cm³/mol. The summed E-state index contributed by atoms with van der Waals surface area (Å²) in [5.41, 5.74) is 1.42. The van der Waals surface area contributed by atoms with Crippen molar-refractivity contribution in [2.75, 3.05) is 13.2 Å². The molecule has 1 aliphatic rings. The fourth-order valence-corrected chi connectivity index (χ4v) is 1.96. The third-order valence-electron chi connectivity index (χ3n) is 3.42. The van der Waals surface area contributed by atoms with E-state index in [1.807, 2.05) is 0 Å². The van der Waals surface area contributed by atoms with Gasteiger partial charge in [-0.05, 0) is 24.0 Å². The maximum Gasteiger partial charge on any atom is 0.411 e. The number of hydrogen-bond donors (Lipinski definition) is 2. The summed E-state index contributed by atoms with van der Waals surface area (Å²) in [6, 6.07) is 6.70. The number of carbonyl (C=O) groups excluding carboxylic acids is 2. The molecule has 132 valence electrons. The summed E-state index contributed by atoms with van der Waals surface area (Å²) in [4.78, 5) is 23.0. The lowest BCUT2D eigenvalue weighted by molar-refractivity contribution is -0.176. The molecule has 0 heterocycles. The number of carbonyl (C=O) groups is 2. The Hall–Kier alpha value is -2.09. The van der Waals surface area contributed by atoms with Gasteiger partial charge in [-0.25, -0.2) is 0 Å². The number of benzene rings is 1. The van der Waals surface area contributed by atoms with Gasteiger partial charge in [0, 0.05) is 12.5 Å². The molecule has 1 saturated carbocycles. The fraction of sp³-hybridized carbons (Fsp3) is 0.500. The van der Waals surface area contributed by atoms with E-state index in [4.69, 9.17) is 0 Å². The average Bonchev–Trinajstić information content (AvgIpc) is 3.35. The topological polar surface area (TPSA) is 67.4 Å². The highest BCUT2D eigenvalue weighted by atomic mass is 19.4. The molecule has 1 aromatic carbocycles. The lowest BCUT2D eigenvalue weighted by atomic mass is 10.1. The van der Waals surface area contributed by atoms with Crippen molar-refractivity contribution < 1.29 is 27.5 Å². The molecule has 0 saturated heterocycles. The van der Waals surface area contributed by atoms with E-state index in [9.17, 15) is 22.8 Å².